The lowest BCUT2D eigenvalue weighted by Crippen LogP contribution is -2.24. The Kier molecular flexibility index (Phi) is 3.49. The Morgan fingerprint density at radius 1 is 1.20 bits per heavy atom. The fraction of sp³-hybridized carbons (Fsp3) is 0.538. The number of nitrogens with zero attached hydrogens (tertiary/aromatic N) is 5. The molecule has 1 fully saturated rings. The third kappa shape index (κ3) is 2.87. The molecule has 2 N–H and O–H groups in total. The molecule has 7 nitrogen and oxygen atoms in total. The number of nitrogen functional groups attached to an aromatic ring is 1. The normalized spacial score (nSPS) is 22.6. The average Bonchev–Trinajstić information content (AvgIpc) is 2.95. The third-order valence-electron chi connectivity index (χ3n) is 3.59. The van der Waals surface area contributed by atoms with Gasteiger partial charge in [-0.1, -0.05) is 6.92 Å². The lowest BCUT2D eigenvalue weighted by atomic mass is 9.89. The van der Waals surface area contributed by atoms with E-state index in [1.165, 1.54) is 12.8 Å². The van der Waals surface area contributed by atoms with Gasteiger partial charge in [-0.05, 0) is 31.6 Å². The van der Waals surface area contributed by atoms with Crippen molar-refractivity contribution in [2.45, 2.75) is 38.7 Å². The van der Waals surface area contributed by atoms with Crippen LogP contribution in [-0.4, -0.2) is 30.6 Å². The molecule has 1 saturated carbocycles. The number of rotatable bonds is 3. The van der Waals surface area contributed by atoms with Crippen molar-refractivity contribution in [1.29, 1.82) is 0 Å². The molecule has 3 rings (SSSR count). The quantitative estimate of drug-likeness (QED) is 0.914. The molecule has 0 aromatic carbocycles. The summed E-state index contributed by atoms with van der Waals surface area (Å²) in [4.78, 5) is 16.4. The van der Waals surface area contributed by atoms with Crippen LogP contribution in [0.5, 0.6) is 6.01 Å². The molecule has 106 valence electrons. The monoisotopic (exact) mass is 274 g/mol. The summed E-state index contributed by atoms with van der Waals surface area (Å²) in [7, 11) is 0. The maximum atomic E-state index is 5.85. The predicted molar refractivity (Wildman–Crippen MR) is 73.4 cm³/mol. The molecule has 1 aliphatic rings. The lowest BCUT2D eigenvalue weighted by Gasteiger charge is -2.25. The number of nitrogens with two attached hydrogens (primary N) is 1. The molecular formula is C13H18N6O. The summed E-state index contributed by atoms with van der Waals surface area (Å²) in [5.74, 6) is 1.36. The van der Waals surface area contributed by atoms with Gasteiger partial charge in [0, 0.05) is 12.4 Å². The van der Waals surface area contributed by atoms with Crippen molar-refractivity contribution in [3.8, 4) is 12.0 Å². The van der Waals surface area contributed by atoms with Gasteiger partial charge in [-0.3, -0.25) is 4.57 Å². The first-order valence-corrected chi connectivity index (χ1v) is 6.87. The second-order valence-electron chi connectivity index (χ2n) is 5.25. The topological polar surface area (TPSA) is 91.7 Å². The highest BCUT2D eigenvalue weighted by Crippen LogP contribution is 2.26. The number of ether oxygens (including phenoxy) is 1. The molecule has 0 atom stereocenters. The average molecular weight is 274 g/mol. The Balaban J connectivity index is 1.76. The number of aromatic nitrogens is 5. The number of hydrogen-bond acceptors (Lipinski definition) is 6. The SMILES string of the molecule is CC1CCC(Oc2nc(N)nc(-n3ccnc3)n2)CC1. The zero-order valence-corrected chi connectivity index (χ0v) is 11.4. The minimum atomic E-state index is 0.155. The lowest BCUT2D eigenvalue weighted by molar-refractivity contribution is 0.124. The van der Waals surface area contributed by atoms with Crippen LogP contribution < -0.4 is 10.5 Å². The molecule has 2 aromatic rings. The molecule has 0 radical (unpaired) electrons. The third-order valence-corrected chi connectivity index (χ3v) is 3.59. The summed E-state index contributed by atoms with van der Waals surface area (Å²) in [6.45, 7) is 2.27. The zero-order chi connectivity index (χ0) is 13.9. The molecule has 7 heteroatoms. The van der Waals surface area contributed by atoms with Crippen LogP contribution in [0.15, 0.2) is 18.7 Å². The summed E-state index contributed by atoms with van der Waals surface area (Å²) < 4.78 is 7.52. The standard InChI is InChI=1S/C13H18N6O/c1-9-2-4-10(5-3-9)20-13-17-11(14)16-12(18-13)19-7-6-15-8-19/h6-10H,2-5H2,1H3,(H2,14,16,17,18). The number of imidazole rings is 1. The van der Waals surface area contributed by atoms with Gasteiger partial charge < -0.3 is 10.5 Å². The summed E-state index contributed by atoms with van der Waals surface area (Å²) in [6, 6.07) is 0.292. The van der Waals surface area contributed by atoms with Crippen LogP contribution in [0.4, 0.5) is 5.95 Å². The molecular weight excluding hydrogens is 256 g/mol. The van der Waals surface area contributed by atoms with E-state index in [1.807, 2.05) is 0 Å². The van der Waals surface area contributed by atoms with Gasteiger partial charge in [0.05, 0.1) is 0 Å². The van der Waals surface area contributed by atoms with Crippen molar-refractivity contribution in [1.82, 2.24) is 24.5 Å². The van der Waals surface area contributed by atoms with Crippen molar-refractivity contribution < 1.29 is 4.74 Å². The fourth-order valence-corrected chi connectivity index (χ4v) is 2.40. The molecule has 1 aliphatic carbocycles. The second-order valence-corrected chi connectivity index (χ2v) is 5.25. The van der Waals surface area contributed by atoms with E-state index in [0.717, 1.165) is 18.8 Å². The molecule has 0 aliphatic heterocycles. The van der Waals surface area contributed by atoms with Gasteiger partial charge in [0.2, 0.25) is 11.9 Å². The Bertz CT molecular complexity index is 562. The minimum Gasteiger partial charge on any atom is -0.460 e. The highest BCUT2D eigenvalue weighted by molar-refractivity contribution is 5.25. The maximum absolute atomic E-state index is 5.85. The molecule has 2 heterocycles. The van der Waals surface area contributed by atoms with Gasteiger partial charge in [0.1, 0.15) is 12.4 Å². The van der Waals surface area contributed by atoms with Gasteiger partial charge in [0.25, 0.3) is 0 Å². The highest BCUT2D eigenvalue weighted by atomic mass is 16.5. The van der Waals surface area contributed by atoms with Crippen LogP contribution in [0.1, 0.15) is 32.6 Å². The summed E-state index contributed by atoms with van der Waals surface area (Å²) in [5, 5.41) is 0. The Labute approximate surface area is 117 Å². The fourth-order valence-electron chi connectivity index (χ4n) is 2.40. The summed E-state index contributed by atoms with van der Waals surface area (Å²) in [6.07, 6.45) is 9.62. The molecule has 0 bridgehead atoms. The van der Waals surface area contributed by atoms with Gasteiger partial charge in [-0.25, -0.2) is 4.98 Å². The molecule has 0 spiro atoms. The zero-order valence-electron chi connectivity index (χ0n) is 11.4. The van der Waals surface area contributed by atoms with E-state index in [0.29, 0.717) is 12.0 Å². The van der Waals surface area contributed by atoms with Gasteiger partial charge in [-0.2, -0.15) is 15.0 Å². The molecule has 0 amide bonds. The van der Waals surface area contributed by atoms with E-state index >= 15 is 0 Å². The van der Waals surface area contributed by atoms with E-state index in [2.05, 4.69) is 26.9 Å². The second kappa shape index (κ2) is 5.44. The van der Waals surface area contributed by atoms with Crippen molar-refractivity contribution >= 4 is 5.95 Å². The van der Waals surface area contributed by atoms with E-state index in [1.54, 1.807) is 23.3 Å². The first-order valence-electron chi connectivity index (χ1n) is 6.87. The van der Waals surface area contributed by atoms with Gasteiger partial charge >= 0.3 is 6.01 Å². The predicted octanol–water partition coefficient (Wildman–Crippen LogP) is 1.60. The number of anilines is 1. The van der Waals surface area contributed by atoms with Gasteiger partial charge in [0.15, 0.2) is 0 Å². The first-order chi connectivity index (χ1) is 9.70. The van der Waals surface area contributed by atoms with Crippen molar-refractivity contribution in [3.63, 3.8) is 0 Å². The Morgan fingerprint density at radius 3 is 2.70 bits per heavy atom. The van der Waals surface area contributed by atoms with E-state index in [4.69, 9.17) is 10.5 Å². The molecule has 20 heavy (non-hydrogen) atoms. The van der Waals surface area contributed by atoms with E-state index in [9.17, 15) is 0 Å². The number of hydrogen-bond donors (Lipinski definition) is 1. The van der Waals surface area contributed by atoms with Crippen molar-refractivity contribution in [3.05, 3.63) is 18.7 Å². The van der Waals surface area contributed by atoms with E-state index < -0.39 is 0 Å². The molecule has 2 aromatic heterocycles. The van der Waals surface area contributed by atoms with Crippen LogP contribution in [0.2, 0.25) is 0 Å². The van der Waals surface area contributed by atoms with E-state index in [-0.39, 0.29) is 12.1 Å². The van der Waals surface area contributed by atoms with Crippen LogP contribution >= 0.6 is 0 Å². The molecule has 0 unspecified atom stereocenters. The van der Waals surface area contributed by atoms with Crippen LogP contribution in [-0.2, 0) is 0 Å². The smallest absolute Gasteiger partial charge is 0.323 e. The maximum Gasteiger partial charge on any atom is 0.323 e. The Hall–Kier alpha value is -2.18. The van der Waals surface area contributed by atoms with Crippen LogP contribution in [0.3, 0.4) is 0 Å². The largest absolute Gasteiger partial charge is 0.460 e. The van der Waals surface area contributed by atoms with Crippen molar-refractivity contribution in [2.75, 3.05) is 5.73 Å². The minimum absolute atomic E-state index is 0.155. The summed E-state index contributed by atoms with van der Waals surface area (Å²) >= 11 is 0. The van der Waals surface area contributed by atoms with Gasteiger partial charge in [-0.15, -0.1) is 0 Å². The Morgan fingerprint density at radius 2 is 2.00 bits per heavy atom. The molecule has 0 saturated heterocycles. The summed E-state index contributed by atoms with van der Waals surface area (Å²) in [5.41, 5.74) is 5.72. The van der Waals surface area contributed by atoms with Crippen molar-refractivity contribution in [2.24, 2.45) is 5.92 Å². The van der Waals surface area contributed by atoms with Crippen LogP contribution in [0, 0.1) is 5.92 Å². The highest BCUT2D eigenvalue weighted by Gasteiger charge is 2.21. The first kappa shape index (κ1) is 12.8. The van der Waals surface area contributed by atoms with Crippen LogP contribution in [0.25, 0.3) is 5.95 Å².